The molecule has 128 valence electrons. The Balaban J connectivity index is 1.59. The van der Waals surface area contributed by atoms with Gasteiger partial charge in [0.05, 0.1) is 6.04 Å². The number of thiazole rings is 1. The van der Waals surface area contributed by atoms with Crippen molar-refractivity contribution in [2.24, 2.45) is 5.92 Å². The number of aliphatic hydroxyl groups is 1. The van der Waals surface area contributed by atoms with Crippen LogP contribution in [-0.2, 0) is 0 Å². The van der Waals surface area contributed by atoms with E-state index in [1.165, 1.54) is 16.2 Å². The smallest absolute Gasteiger partial charge is 0.380 e. The number of carbonyl (C=O) groups excluding carboxylic acids is 1. The van der Waals surface area contributed by atoms with E-state index in [-0.39, 0.29) is 25.2 Å². The van der Waals surface area contributed by atoms with Gasteiger partial charge in [-0.05, 0) is 18.8 Å². The number of urea groups is 1. The summed E-state index contributed by atoms with van der Waals surface area (Å²) in [7, 11) is 0. The van der Waals surface area contributed by atoms with Crippen LogP contribution < -0.4 is 5.32 Å². The number of carbonyl (C=O) groups is 1. The van der Waals surface area contributed by atoms with E-state index in [2.05, 4.69) is 10.3 Å². The third kappa shape index (κ3) is 3.45. The molecule has 2 aliphatic rings. The molecule has 0 spiro atoms. The monoisotopic (exact) mass is 349 g/mol. The number of piperidine rings is 1. The zero-order valence-electron chi connectivity index (χ0n) is 12.3. The van der Waals surface area contributed by atoms with Crippen LogP contribution in [0.25, 0.3) is 0 Å². The number of hydrogen-bond donors (Lipinski definition) is 2. The molecule has 1 aromatic rings. The largest absolute Gasteiger partial charge is 0.417 e. The number of aromatic nitrogens is 1. The van der Waals surface area contributed by atoms with Crippen molar-refractivity contribution in [3.63, 3.8) is 0 Å². The molecule has 2 amide bonds. The van der Waals surface area contributed by atoms with Gasteiger partial charge in [-0.3, -0.25) is 0 Å². The second-order valence-corrected chi connectivity index (χ2v) is 7.08. The molecular weight excluding hydrogens is 331 g/mol. The van der Waals surface area contributed by atoms with Crippen molar-refractivity contribution >= 4 is 17.4 Å². The molecule has 1 unspecified atom stereocenters. The SMILES string of the molecule is O=C(NC(c1nccs1)C1CC1)N1CCC(O)(C(F)(F)F)CC1. The van der Waals surface area contributed by atoms with Crippen LogP contribution in [0.1, 0.15) is 36.7 Å². The van der Waals surface area contributed by atoms with Gasteiger partial charge in [0.2, 0.25) is 0 Å². The third-order valence-electron chi connectivity index (χ3n) is 4.50. The van der Waals surface area contributed by atoms with E-state index in [4.69, 9.17) is 0 Å². The molecule has 0 bridgehead atoms. The van der Waals surface area contributed by atoms with Crippen molar-refractivity contribution < 1.29 is 23.1 Å². The van der Waals surface area contributed by atoms with Gasteiger partial charge < -0.3 is 15.3 Å². The Morgan fingerprint density at radius 2 is 2.09 bits per heavy atom. The number of nitrogens with zero attached hydrogens (tertiary/aromatic N) is 2. The van der Waals surface area contributed by atoms with Gasteiger partial charge in [-0.1, -0.05) is 0 Å². The van der Waals surface area contributed by atoms with Gasteiger partial charge in [-0.2, -0.15) is 13.2 Å². The summed E-state index contributed by atoms with van der Waals surface area (Å²) in [6, 6.07) is -0.563. The Morgan fingerprint density at radius 1 is 1.43 bits per heavy atom. The van der Waals surface area contributed by atoms with Crippen LogP contribution in [0.15, 0.2) is 11.6 Å². The van der Waals surface area contributed by atoms with Gasteiger partial charge in [0, 0.05) is 37.5 Å². The van der Waals surface area contributed by atoms with Crippen LogP contribution in [0, 0.1) is 5.92 Å². The lowest BCUT2D eigenvalue weighted by atomic mass is 9.91. The maximum Gasteiger partial charge on any atom is 0.417 e. The summed E-state index contributed by atoms with van der Waals surface area (Å²) in [5, 5.41) is 15.2. The summed E-state index contributed by atoms with van der Waals surface area (Å²) in [4.78, 5) is 17.9. The Morgan fingerprint density at radius 3 is 2.57 bits per heavy atom. The van der Waals surface area contributed by atoms with Crippen molar-refractivity contribution in [2.75, 3.05) is 13.1 Å². The van der Waals surface area contributed by atoms with Gasteiger partial charge in [-0.15, -0.1) is 11.3 Å². The first kappa shape index (κ1) is 16.5. The lowest BCUT2D eigenvalue weighted by Crippen LogP contribution is -2.56. The molecule has 5 nitrogen and oxygen atoms in total. The maximum atomic E-state index is 12.8. The minimum Gasteiger partial charge on any atom is -0.380 e. The van der Waals surface area contributed by atoms with Gasteiger partial charge >= 0.3 is 12.2 Å². The highest BCUT2D eigenvalue weighted by atomic mass is 32.1. The molecule has 1 aromatic heterocycles. The fourth-order valence-corrected chi connectivity index (χ4v) is 3.57. The van der Waals surface area contributed by atoms with E-state index < -0.39 is 24.6 Å². The van der Waals surface area contributed by atoms with Crippen LogP contribution in [-0.4, -0.2) is 45.9 Å². The lowest BCUT2D eigenvalue weighted by molar-refractivity contribution is -0.271. The second-order valence-electron chi connectivity index (χ2n) is 6.15. The van der Waals surface area contributed by atoms with Gasteiger partial charge in [0.15, 0.2) is 5.60 Å². The van der Waals surface area contributed by atoms with Crippen LogP contribution in [0.2, 0.25) is 0 Å². The predicted molar refractivity (Wildman–Crippen MR) is 77.9 cm³/mol. The molecule has 1 aliphatic carbocycles. The number of rotatable bonds is 3. The molecule has 0 radical (unpaired) electrons. The van der Waals surface area contributed by atoms with E-state index in [9.17, 15) is 23.1 Å². The summed E-state index contributed by atoms with van der Waals surface area (Å²) in [5.41, 5.74) is -2.69. The summed E-state index contributed by atoms with van der Waals surface area (Å²) in [6.45, 7) is -0.228. The van der Waals surface area contributed by atoms with Crippen molar-refractivity contribution in [1.29, 1.82) is 0 Å². The zero-order valence-corrected chi connectivity index (χ0v) is 13.2. The van der Waals surface area contributed by atoms with E-state index >= 15 is 0 Å². The molecule has 1 saturated heterocycles. The molecule has 0 aromatic carbocycles. The lowest BCUT2D eigenvalue weighted by Gasteiger charge is -2.39. The quantitative estimate of drug-likeness (QED) is 0.882. The molecule has 2 fully saturated rings. The van der Waals surface area contributed by atoms with Gasteiger partial charge in [-0.25, -0.2) is 9.78 Å². The van der Waals surface area contributed by atoms with E-state index in [0.29, 0.717) is 5.92 Å². The number of nitrogens with one attached hydrogen (secondary N) is 1. The molecule has 2 N–H and O–H groups in total. The Labute approximate surface area is 135 Å². The van der Waals surface area contributed by atoms with Crippen LogP contribution >= 0.6 is 11.3 Å². The molecule has 2 heterocycles. The average molecular weight is 349 g/mol. The van der Waals surface area contributed by atoms with E-state index in [1.807, 2.05) is 5.38 Å². The fraction of sp³-hybridized carbons (Fsp3) is 0.714. The summed E-state index contributed by atoms with van der Waals surface area (Å²) in [5.74, 6) is 0.349. The minimum absolute atomic E-state index is 0.114. The zero-order chi connectivity index (χ0) is 16.7. The first-order valence-corrected chi connectivity index (χ1v) is 8.42. The van der Waals surface area contributed by atoms with Crippen molar-refractivity contribution in [3.05, 3.63) is 16.6 Å². The van der Waals surface area contributed by atoms with E-state index in [0.717, 1.165) is 17.8 Å². The predicted octanol–water partition coefficient (Wildman–Crippen LogP) is 2.69. The van der Waals surface area contributed by atoms with Crippen LogP contribution in [0.4, 0.5) is 18.0 Å². The van der Waals surface area contributed by atoms with Crippen LogP contribution in [0.3, 0.4) is 0 Å². The molecule has 1 aliphatic heterocycles. The first-order chi connectivity index (χ1) is 10.8. The number of hydrogen-bond acceptors (Lipinski definition) is 4. The molecule has 23 heavy (non-hydrogen) atoms. The molecule has 9 heteroatoms. The normalized spacial score (nSPS) is 22.7. The van der Waals surface area contributed by atoms with Crippen molar-refractivity contribution in [2.45, 2.75) is 43.5 Å². The highest BCUT2D eigenvalue weighted by Crippen LogP contribution is 2.42. The summed E-state index contributed by atoms with van der Waals surface area (Å²) < 4.78 is 38.4. The number of halogens is 3. The first-order valence-electron chi connectivity index (χ1n) is 7.54. The van der Waals surface area contributed by atoms with Crippen molar-refractivity contribution in [1.82, 2.24) is 15.2 Å². The Kier molecular flexibility index (Phi) is 4.26. The van der Waals surface area contributed by atoms with Gasteiger partial charge in [0.25, 0.3) is 0 Å². The highest BCUT2D eigenvalue weighted by molar-refractivity contribution is 7.09. The van der Waals surface area contributed by atoms with Crippen molar-refractivity contribution in [3.8, 4) is 0 Å². The molecular formula is C14H18F3N3O2S. The maximum absolute atomic E-state index is 12.8. The minimum atomic E-state index is -4.66. The topological polar surface area (TPSA) is 65.5 Å². The number of likely N-dealkylation sites (tertiary alicyclic amines) is 1. The third-order valence-corrected chi connectivity index (χ3v) is 5.35. The summed E-state index contributed by atoms with van der Waals surface area (Å²) >= 11 is 1.46. The van der Waals surface area contributed by atoms with Crippen LogP contribution in [0.5, 0.6) is 0 Å². The highest BCUT2D eigenvalue weighted by Gasteiger charge is 2.55. The number of alkyl halides is 3. The second kappa shape index (κ2) is 5.94. The Bertz CT molecular complexity index is 552. The van der Waals surface area contributed by atoms with E-state index in [1.54, 1.807) is 6.20 Å². The molecule has 1 atom stereocenters. The number of amides is 2. The average Bonchev–Trinajstić information content (AvgIpc) is 3.18. The molecule has 3 rings (SSSR count). The standard InChI is InChI=1S/C14H18F3N3O2S/c15-14(16,17)13(22)3-6-20(7-4-13)12(21)19-10(9-1-2-9)11-18-5-8-23-11/h5,8-10,22H,1-4,6-7H2,(H,19,21). The fourth-order valence-electron chi connectivity index (χ4n) is 2.79. The molecule has 1 saturated carbocycles. The van der Waals surface area contributed by atoms with Gasteiger partial charge in [0.1, 0.15) is 5.01 Å². The Hall–Kier alpha value is -1.35. The summed E-state index contributed by atoms with van der Waals surface area (Å²) in [6.07, 6.45) is -1.94.